The summed E-state index contributed by atoms with van der Waals surface area (Å²) in [6.45, 7) is 0. The third-order valence-electron chi connectivity index (χ3n) is 4.51. The number of nitrogens with one attached hydrogen (secondary N) is 1. The molecule has 15 heteroatoms. The SMILES string of the molecule is O=CSC(C1=C(C(=O)O)N2C(=O)C(NC(=O)Cc3csc(=O)s3)C2SC1)c1csnn1. The molecule has 2 aliphatic rings. The molecule has 2 amide bonds. The van der Waals surface area contributed by atoms with E-state index in [1.54, 1.807) is 10.8 Å². The predicted molar refractivity (Wildman–Crippen MR) is 119 cm³/mol. The van der Waals surface area contributed by atoms with Crippen LogP contribution in [0.1, 0.15) is 15.8 Å². The molecule has 1 saturated heterocycles. The summed E-state index contributed by atoms with van der Waals surface area (Å²) in [7, 11) is 0. The molecule has 0 bridgehead atoms. The maximum Gasteiger partial charge on any atom is 0.352 e. The van der Waals surface area contributed by atoms with Crippen LogP contribution in [0.15, 0.2) is 26.8 Å². The van der Waals surface area contributed by atoms with Crippen molar-refractivity contribution in [3.63, 3.8) is 0 Å². The van der Waals surface area contributed by atoms with Crippen LogP contribution < -0.4 is 9.37 Å². The summed E-state index contributed by atoms with van der Waals surface area (Å²) in [4.78, 5) is 61.3. The molecule has 2 aliphatic heterocycles. The maximum absolute atomic E-state index is 12.8. The van der Waals surface area contributed by atoms with Crippen LogP contribution in [0.2, 0.25) is 0 Å². The van der Waals surface area contributed by atoms with Crippen molar-refractivity contribution in [2.75, 3.05) is 5.75 Å². The summed E-state index contributed by atoms with van der Waals surface area (Å²) in [5.41, 5.74) is 1.25. The van der Waals surface area contributed by atoms with E-state index in [9.17, 15) is 29.1 Å². The van der Waals surface area contributed by atoms with Crippen molar-refractivity contribution in [2.24, 2.45) is 0 Å². The lowest BCUT2D eigenvalue weighted by Crippen LogP contribution is -2.70. The Balaban J connectivity index is 1.55. The third-order valence-corrected chi connectivity index (χ3v) is 9.21. The minimum absolute atomic E-state index is 0.0215. The number of rotatable bonds is 8. The van der Waals surface area contributed by atoms with Crippen molar-refractivity contribution in [1.29, 1.82) is 0 Å². The molecule has 4 heterocycles. The molecule has 0 aliphatic carbocycles. The third kappa shape index (κ3) is 4.32. The number of carboxylic acid groups (broad SMARTS) is 1. The van der Waals surface area contributed by atoms with E-state index in [2.05, 4.69) is 14.9 Å². The van der Waals surface area contributed by atoms with E-state index in [1.807, 2.05) is 0 Å². The molecule has 2 aromatic heterocycles. The van der Waals surface area contributed by atoms with E-state index in [1.165, 1.54) is 11.8 Å². The molecule has 0 aromatic carbocycles. The van der Waals surface area contributed by atoms with E-state index in [0.717, 1.165) is 50.9 Å². The normalized spacial score (nSPS) is 21.3. The lowest BCUT2D eigenvalue weighted by atomic mass is 10.0. The zero-order valence-corrected chi connectivity index (χ0v) is 19.3. The maximum atomic E-state index is 12.8. The number of amides is 2. The molecule has 31 heavy (non-hydrogen) atoms. The van der Waals surface area contributed by atoms with Crippen LogP contribution in [0.3, 0.4) is 0 Å². The lowest BCUT2D eigenvalue weighted by Gasteiger charge is -2.50. The summed E-state index contributed by atoms with van der Waals surface area (Å²) >= 11 is 5.24. The van der Waals surface area contributed by atoms with Gasteiger partial charge in [-0.2, -0.15) is 0 Å². The second kappa shape index (κ2) is 9.20. The van der Waals surface area contributed by atoms with Crippen molar-refractivity contribution in [2.45, 2.75) is 23.1 Å². The first kappa shape index (κ1) is 22.1. The molecule has 3 unspecified atom stereocenters. The Kier molecular flexibility index (Phi) is 6.57. The molecule has 1 fully saturated rings. The van der Waals surface area contributed by atoms with Crippen LogP contribution >= 0.6 is 57.7 Å². The fraction of sp³-hybridized carbons (Fsp3) is 0.312. The first-order valence-electron chi connectivity index (χ1n) is 8.54. The smallest absolute Gasteiger partial charge is 0.352 e. The van der Waals surface area contributed by atoms with Gasteiger partial charge in [0.15, 0.2) is 5.62 Å². The number of fused-ring (bicyclic) bond motifs is 1. The summed E-state index contributed by atoms with van der Waals surface area (Å²) in [6.07, 6.45) is -0.0215. The molecular weight excluding hydrogens is 505 g/mol. The highest BCUT2D eigenvalue weighted by Gasteiger charge is 2.55. The average molecular weight is 517 g/mol. The Labute approximate surface area is 194 Å². The van der Waals surface area contributed by atoms with Crippen LogP contribution in [0, 0.1) is 0 Å². The standard InChI is InChI=1S/C16H12N4O6S5/c21-5-29-12(8-4-30-19-18-8)7-3-27-14-10(13(23)20(14)11(7)15(24)25)17-9(22)1-6-2-28-16(26)31-6/h2,4-5,10,12,14H,1,3H2,(H,17,22)(H,24,25). The number of aliphatic carboxylic acids is 1. The summed E-state index contributed by atoms with van der Waals surface area (Å²) in [6, 6.07) is -0.859. The highest BCUT2D eigenvalue weighted by atomic mass is 32.2. The Morgan fingerprint density at radius 1 is 1.39 bits per heavy atom. The molecule has 0 spiro atoms. The van der Waals surface area contributed by atoms with Gasteiger partial charge in [-0.25, -0.2) is 4.79 Å². The second-order valence-corrected chi connectivity index (χ2v) is 11.2. The number of hydrogen-bond donors (Lipinski definition) is 2. The molecule has 4 rings (SSSR count). The predicted octanol–water partition coefficient (Wildman–Crippen LogP) is 0.967. The van der Waals surface area contributed by atoms with Gasteiger partial charge in [0.25, 0.3) is 9.96 Å². The van der Waals surface area contributed by atoms with Gasteiger partial charge < -0.3 is 10.4 Å². The van der Waals surface area contributed by atoms with Gasteiger partial charge in [-0.1, -0.05) is 38.9 Å². The highest BCUT2D eigenvalue weighted by molar-refractivity contribution is 8.12. The van der Waals surface area contributed by atoms with E-state index in [-0.39, 0.29) is 21.9 Å². The number of carboxylic acids is 1. The van der Waals surface area contributed by atoms with Crippen LogP contribution in [-0.4, -0.2) is 60.2 Å². The van der Waals surface area contributed by atoms with Gasteiger partial charge >= 0.3 is 5.97 Å². The number of hydrogen-bond acceptors (Lipinski definition) is 12. The second-order valence-electron chi connectivity index (χ2n) is 6.31. The van der Waals surface area contributed by atoms with Crippen molar-refractivity contribution in [3.8, 4) is 0 Å². The van der Waals surface area contributed by atoms with Crippen molar-refractivity contribution in [1.82, 2.24) is 19.8 Å². The minimum atomic E-state index is -1.29. The fourth-order valence-corrected chi connectivity index (χ4v) is 7.75. The van der Waals surface area contributed by atoms with Crippen LogP contribution in [-0.2, 0) is 25.6 Å². The topological polar surface area (TPSA) is 147 Å². The minimum Gasteiger partial charge on any atom is -0.477 e. The molecule has 0 saturated carbocycles. The monoisotopic (exact) mass is 516 g/mol. The summed E-state index contributed by atoms with van der Waals surface area (Å²) in [5, 5.41) is 18.4. The van der Waals surface area contributed by atoms with Gasteiger partial charge in [0.05, 0.1) is 17.4 Å². The molecule has 0 radical (unpaired) electrons. The van der Waals surface area contributed by atoms with Gasteiger partial charge in [-0.15, -0.1) is 16.9 Å². The Morgan fingerprint density at radius 2 is 2.19 bits per heavy atom. The van der Waals surface area contributed by atoms with E-state index in [4.69, 9.17) is 0 Å². The summed E-state index contributed by atoms with van der Waals surface area (Å²) < 4.78 is 3.66. The number of carbonyl (C=O) groups is 4. The van der Waals surface area contributed by atoms with E-state index >= 15 is 0 Å². The average Bonchev–Trinajstić information content (AvgIpc) is 3.41. The molecule has 10 nitrogen and oxygen atoms in total. The van der Waals surface area contributed by atoms with Crippen LogP contribution in [0.25, 0.3) is 0 Å². The molecule has 2 N–H and O–H groups in total. The Morgan fingerprint density at radius 3 is 2.81 bits per heavy atom. The number of carbonyl (C=O) groups excluding carboxylic acids is 3. The largest absolute Gasteiger partial charge is 0.477 e. The zero-order valence-electron chi connectivity index (χ0n) is 15.2. The first-order chi connectivity index (χ1) is 14.9. The van der Waals surface area contributed by atoms with Crippen LogP contribution in [0.5, 0.6) is 0 Å². The van der Waals surface area contributed by atoms with Gasteiger partial charge in [-0.05, 0) is 17.1 Å². The first-order valence-corrected chi connectivity index (χ1v) is 13.1. The number of aromatic nitrogens is 2. The molecule has 3 atom stereocenters. The van der Waals surface area contributed by atoms with E-state index in [0.29, 0.717) is 21.8 Å². The van der Waals surface area contributed by atoms with Crippen molar-refractivity contribution < 1.29 is 24.3 Å². The van der Waals surface area contributed by atoms with Gasteiger partial charge in [0.1, 0.15) is 17.1 Å². The van der Waals surface area contributed by atoms with E-state index < -0.39 is 34.4 Å². The number of β-lactam (4-membered cyclic amide) rings is 1. The summed E-state index contributed by atoms with van der Waals surface area (Å²) in [5.74, 6) is -1.99. The van der Waals surface area contributed by atoms with Crippen LogP contribution in [0.4, 0.5) is 0 Å². The number of nitrogens with zero attached hydrogens (tertiary/aromatic N) is 3. The Bertz CT molecular complexity index is 1130. The molecular formula is C16H12N4O6S5. The van der Waals surface area contributed by atoms with Crippen molar-refractivity contribution >= 4 is 81.1 Å². The van der Waals surface area contributed by atoms with Gasteiger partial charge in [-0.3, -0.25) is 24.1 Å². The lowest BCUT2D eigenvalue weighted by molar-refractivity contribution is -0.150. The zero-order chi connectivity index (χ0) is 22.1. The van der Waals surface area contributed by atoms with Gasteiger partial charge in [0.2, 0.25) is 5.91 Å². The van der Waals surface area contributed by atoms with Crippen molar-refractivity contribution in [3.05, 3.63) is 41.5 Å². The Hall–Kier alpha value is -2.07. The fourth-order valence-electron chi connectivity index (χ4n) is 3.25. The molecule has 162 valence electrons. The molecule has 2 aromatic rings. The quantitative estimate of drug-likeness (QED) is 0.384. The number of thioether (sulfide) groups is 2. The van der Waals surface area contributed by atoms with Gasteiger partial charge in [0, 0.05) is 21.4 Å². The highest BCUT2D eigenvalue weighted by Crippen LogP contribution is 2.46.